The van der Waals surface area contributed by atoms with Gasteiger partial charge in [-0.1, -0.05) is 13.8 Å². The number of carbonyl (C=O) groups excluding carboxylic acids is 1. The van der Waals surface area contributed by atoms with Gasteiger partial charge < -0.3 is 15.7 Å². The van der Waals surface area contributed by atoms with Crippen molar-refractivity contribution < 1.29 is 9.90 Å². The first-order chi connectivity index (χ1) is 6.53. The van der Waals surface area contributed by atoms with Gasteiger partial charge in [-0.3, -0.25) is 0 Å². The minimum absolute atomic E-state index is 0.0321. The minimum atomic E-state index is -0.0847. The molecule has 2 amide bonds. The van der Waals surface area contributed by atoms with Crippen LogP contribution in [0.1, 0.15) is 33.1 Å². The highest BCUT2D eigenvalue weighted by molar-refractivity contribution is 5.74. The Hall–Kier alpha value is -0.770. The van der Waals surface area contributed by atoms with Crippen molar-refractivity contribution in [1.29, 1.82) is 0 Å². The highest BCUT2D eigenvalue weighted by Gasteiger charge is 2.24. The maximum absolute atomic E-state index is 11.3. The molecule has 1 fully saturated rings. The molecule has 0 saturated heterocycles. The van der Waals surface area contributed by atoms with Crippen molar-refractivity contribution in [2.24, 2.45) is 5.41 Å². The Labute approximate surface area is 85.1 Å². The molecule has 0 aromatic rings. The molecular formula is C10H20N2O2. The van der Waals surface area contributed by atoms with Crippen LogP contribution in [0.2, 0.25) is 0 Å². The first kappa shape index (κ1) is 11.3. The predicted octanol–water partition coefficient (Wildman–Crippen LogP) is 0.857. The second kappa shape index (κ2) is 4.64. The van der Waals surface area contributed by atoms with Crippen LogP contribution in [-0.2, 0) is 0 Å². The highest BCUT2D eigenvalue weighted by Crippen LogP contribution is 2.19. The topological polar surface area (TPSA) is 61.4 Å². The number of aliphatic hydroxyl groups excluding tert-OH is 1. The van der Waals surface area contributed by atoms with Gasteiger partial charge in [0.15, 0.2) is 0 Å². The Balaban J connectivity index is 2.13. The molecule has 1 rings (SSSR count). The smallest absolute Gasteiger partial charge is 0.315 e. The molecule has 0 aromatic heterocycles. The molecular weight excluding hydrogens is 180 g/mol. The number of hydrogen-bond acceptors (Lipinski definition) is 2. The molecule has 0 spiro atoms. The van der Waals surface area contributed by atoms with Crippen LogP contribution >= 0.6 is 0 Å². The summed E-state index contributed by atoms with van der Waals surface area (Å²) in [6.07, 6.45) is 2.91. The van der Waals surface area contributed by atoms with E-state index in [-0.39, 0.29) is 18.1 Å². The van der Waals surface area contributed by atoms with Crippen LogP contribution in [0.3, 0.4) is 0 Å². The average molecular weight is 200 g/mol. The van der Waals surface area contributed by atoms with Crippen LogP contribution in [0.25, 0.3) is 0 Å². The molecule has 1 aliphatic carbocycles. The fourth-order valence-corrected chi connectivity index (χ4v) is 1.17. The van der Waals surface area contributed by atoms with Crippen LogP contribution in [-0.4, -0.2) is 30.3 Å². The van der Waals surface area contributed by atoms with Crippen LogP contribution in [0, 0.1) is 5.41 Å². The molecule has 4 nitrogen and oxygen atoms in total. The van der Waals surface area contributed by atoms with E-state index in [4.69, 9.17) is 5.11 Å². The zero-order chi connectivity index (χ0) is 10.6. The Morgan fingerprint density at radius 1 is 1.50 bits per heavy atom. The number of carbonyl (C=O) groups is 1. The zero-order valence-corrected chi connectivity index (χ0v) is 8.97. The third-order valence-electron chi connectivity index (χ3n) is 2.43. The monoisotopic (exact) mass is 200 g/mol. The third-order valence-corrected chi connectivity index (χ3v) is 2.43. The molecule has 0 radical (unpaired) electrons. The van der Waals surface area contributed by atoms with Gasteiger partial charge in [-0.15, -0.1) is 0 Å². The van der Waals surface area contributed by atoms with Gasteiger partial charge in [0.1, 0.15) is 0 Å². The van der Waals surface area contributed by atoms with E-state index in [1.807, 2.05) is 13.8 Å². The summed E-state index contributed by atoms with van der Waals surface area (Å²) in [5.41, 5.74) is -0.0321. The summed E-state index contributed by atoms with van der Waals surface area (Å²) in [6.45, 7) is 4.83. The normalized spacial score (nSPS) is 16.5. The van der Waals surface area contributed by atoms with Gasteiger partial charge in [-0.25, -0.2) is 4.79 Å². The molecule has 0 bridgehead atoms. The van der Waals surface area contributed by atoms with Gasteiger partial charge in [-0.05, 0) is 24.7 Å². The van der Waals surface area contributed by atoms with Gasteiger partial charge in [0, 0.05) is 19.2 Å². The predicted molar refractivity (Wildman–Crippen MR) is 55.0 cm³/mol. The lowest BCUT2D eigenvalue weighted by Crippen LogP contribution is -2.41. The lowest BCUT2D eigenvalue weighted by Gasteiger charge is -2.23. The summed E-state index contributed by atoms with van der Waals surface area (Å²) < 4.78 is 0. The van der Waals surface area contributed by atoms with Crippen molar-refractivity contribution in [2.45, 2.75) is 39.2 Å². The highest BCUT2D eigenvalue weighted by atomic mass is 16.3. The number of amides is 2. The molecule has 0 aliphatic heterocycles. The molecule has 1 aliphatic rings. The molecule has 0 heterocycles. The van der Waals surface area contributed by atoms with Gasteiger partial charge in [0.05, 0.1) is 0 Å². The fourth-order valence-electron chi connectivity index (χ4n) is 1.17. The maximum Gasteiger partial charge on any atom is 0.315 e. The number of hydrogen-bond donors (Lipinski definition) is 3. The van der Waals surface area contributed by atoms with E-state index in [1.54, 1.807) is 0 Å². The van der Waals surface area contributed by atoms with E-state index in [0.717, 1.165) is 12.8 Å². The zero-order valence-electron chi connectivity index (χ0n) is 8.97. The fraction of sp³-hybridized carbons (Fsp3) is 0.900. The van der Waals surface area contributed by atoms with E-state index < -0.39 is 0 Å². The number of rotatable bonds is 5. The largest absolute Gasteiger partial charge is 0.396 e. The van der Waals surface area contributed by atoms with E-state index >= 15 is 0 Å². The summed E-state index contributed by atoms with van der Waals surface area (Å²) >= 11 is 0. The van der Waals surface area contributed by atoms with Crippen molar-refractivity contribution in [1.82, 2.24) is 10.6 Å². The van der Waals surface area contributed by atoms with Gasteiger partial charge in [0.25, 0.3) is 0 Å². The van der Waals surface area contributed by atoms with Crippen molar-refractivity contribution in [3.63, 3.8) is 0 Å². The minimum Gasteiger partial charge on any atom is -0.396 e. The van der Waals surface area contributed by atoms with Crippen LogP contribution in [0.5, 0.6) is 0 Å². The molecule has 14 heavy (non-hydrogen) atoms. The number of aliphatic hydroxyl groups is 1. The summed E-state index contributed by atoms with van der Waals surface area (Å²) in [7, 11) is 0. The Morgan fingerprint density at radius 2 is 2.14 bits per heavy atom. The van der Waals surface area contributed by atoms with Crippen molar-refractivity contribution in [3.05, 3.63) is 0 Å². The first-order valence-corrected chi connectivity index (χ1v) is 5.19. The van der Waals surface area contributed by atoms with E-state index in [9.17, 15) is 4.79 Å². The summed E-state index contributed by atoms with van der Waals surface area (Å²) in [5, 5.41) is 14.5. The molecule has 4 heteroatoms. The van der Waals surface area contributed by atoms with Gasteiger partial charge in [0.2, 0.25) is 0 Å². The first-order valence-electron chi connectivity index (χ1n) is 5.19. The van der Waals surface area contributed by atoms with Crippen LogP contribution in [0.15, 0.2) is 0 Å². The van der Waals surface area contributed by atoms with E-state index in [2.05, 4.69) is 10.6 Å². The molecule has 0 atom stereocenters. The summed E-state index contributed by atoms with van der Waals surface area (Å²) in [5.74, 6) is 0. The Morgan fingerprint density at radius 3 is 2.64 bits per heavy atom. The van der Waals surface area contributed by atoms with E-state index in [0.29, 0.717) is 19.0 Å². The maximum atomic E-state index is 11.3. The molecule has 0 unspecified atom stereocenters. The molecule has 0 aromatic carbocycles. The Bertz CT molecular complexity index is 200. The average Bonchev–Trinajstić information content (AvgIpc) is 2.85. The number of nitrogens with one attached hydrogen (secondary N) is 2. The van der Waals surface area contributed by atoms with Crippen molar-refractivity contribution >= 4 is 6.03 Å². The third kappa shape index (κ3) is 4.46. The number of urea groups is 1. The van der Waals surface area contributed by atoms with E-state index in [1.165, 1.54) is 0 Å². The SMILES string of the molecule is CC(C)(CCO)CNC(=O)NC1CC1. The molecule has 3 N–H and O–H groups in total. The lowest BCUT2D eigenvalue weighted by atomic mass is 9.90. The lowest BCUT2D eigenvalue weighted by molar-refractivity contribution is 0.201. The van der Waals surface area contributed by atoms with Gasteiger partial charge >= 0.3 is 6.03 Å². The summed E-state index contributed by atoms with van der Waals surface area (Å²) in [6, 6.07) is 0.314. The van der Waals surface area contributed by atoms with Gasteiger partial charge in [-0.2, -0.15) is 0 Å². The van der Waals surface area contributed by atoms with Crippen LogP contribution in [0.4, 0.5) is 4.79 Å². The Kier molecular flexibility index (Phi) is 3.75. The van der Waals surface area contributed by atoms with Crippen molar-refractivity contribution in [3.8, 4) is 0 Å². The second-order valence-corrected chi connectivity index (χ2v) is 4.74. The standard InChI is InChI=1S/C10H20N2O2/c1-10(2,5-6-13)7-11-9(14)12-8-3-4-8/h8,13H,3-7H2,1-2H3,(H2,11,12,14). The second-order valence-electron chi connectivity index (χ2n) is 4.74. The summed E-state index contributed by atoms with van der Waals surface area (Å²) in [4.78, 5) is 11.3. The van der Waals surface area contributed by atoms with Crippen LogP contribution < -0.4 is 10.6 Å². The van der Waals surface area contributed by atoms with Crippen molar-refractivity contribution in [2.75, 3.05) is 13.2 Å². The quantitative estimate of drug-likeness (QED) is 0.616. The molecule has 1 saturated carbocycles. The molecule has 82 valence electrons.